The molecule has 128 valence electrons. The van der Waals surface area contributed by atoms with E-state index < -0.39 is 0 Å². The largest absolute Gasteiger partial charge is 0.376 e. The fraction of sp³-hybridized carbons (Fsp3) is 0.150. The number of rotatable bonds is 6. The third kappa shape index (κ3) is 4.62. The predicted octanol–water partition coefficient (Wildman–Crippen LogP) is 5.03. The van der Waals surface area contributed by atoms with Crippen LogP contribution < -0.4 is 10.6 Å². The van der Waals surface area contributed by atoms with E-state index in [2.05, 4.69) is 10.6 Å². The van der Waals surface area contributed by atoms with Gasteiger partial charge >= 0.3 is 0 Å². The quantitative estimate of drug-likeness (QED) is 0.639. The van der Waals surface area contributed by atoms with Crippen LogP contribution in [0.5, 0.6) is 0 Å². The molecular weight excluding hydrogens is 352 g/mol. The lowest BCUT2D eigenvalue weighted by Gasteiger charge is -2.19. The molecule has 0 aliphatic heterocycles. The van der Waals surface area contributed by atoms with E-state index >= 15 is 0 Å². The molecule has 0 aliphatic carbocycles. The summed E-state index contributed by atoms with van der Waals surface area (Å²) in [5, 5.41) is 9.00. The maximum absolute atomic E-state index is 12.5. The Labute approximate surface area is 156 Å². The van der Waals surface area contributed by atoms with Crippen LogP contribution >= 0.6 is 22.9 Å². The van der Waals surface area contributed by atoms with Crippen molar-refractivity contribution in [2.24, 2.45) is 0 Å². The van der Waals surface area contributed by atoms with E-state index in [1.54, 1.807) is 11.3 Å². The Balaban J connectivity index is 1.68. The first kappa shape index (κ1) is 17.5. The minimum Gasteiger partial charge on any atom is -0.376 e. The van der Waals surface area contributed by atoms with Gasteiger partial charge in [0, 0.05) is 15.6 Å². The van der Waals surface area contributed by atoms with Gasteiger partial charge in [-0.3, -0.25) is 4.79 Å². The molecule has 1 atom stereocenters. The van der Waals surface area contributed by atoms with Crippen LogP contribution in [0, 0.1) is 6.92 Å². The van der Waals surface area contributed by atoms with Gasteiger partial charge in [0.25, 0.3) is 0 Å². The number of nitrogens with one attached hydrogen (secondary N) is 2. The highest BCUT2D eigenvalue weighted by Crippen LogP contribution is 2.26. The van der Waals surface area contributed by atoms with E-state index in [4.69, 9.17) is 11.6 Å². The van der Waals surface area contributed by atoms with E-state index in [9.17, 15) is 4.79 Å². The van der Waals surface area contributed by atoms with Crippen LogP contribution in [0.25, 0.3) is 0 Å². The topological polar surface area (TPSA) is 41.1 Å². The summed E-state index contributed by atoms with van der Waals surface area (Å²) in [6.07, 6.45) is 0. The molecule has 0 saturated heterocycles. The van der Waals surface area contributed by atoms with Gasteiger partial charge in [0.1, 0.15) is 0 Å². The van der Waals surface area contributed by atoms with Crippen LogP contribution in [0.3, 0.4) is 0 Å². The summed E-state index contributed by atoms with van der Waals surface area (Å²) in [7, 11) is 0. The van der Waals surface area contributed by atoms with Crippen molar-refractivity contribution in [2.45, 2.75) is 13.0 Å². The Hall–Kier alpha value is -2.30. The molecule has 3 nitrogen and oxygen atoms in total. The zero-order valence-electron chi connectivity index (χ0n) is 13.8. The van der Waals surface area contributed by atoms with Crippen molar-refractivity contribution in [1.29, 1.82) is 0 Å². The van der Waals surface area contributed by atoms with Crippen LogP contribution in [0.15, 0.2) is 66.0 Å². The molecule has 0 radical (unpaired) electrons. The van der Waals surface area contributed by atoms with Gasteiger partial charge in [-0.1, -0.05) is 48.0 Å². The number of benzene rings is 2. The standard InChI is InChI=1S/C20H19ClN2OS/c1-14-12-16(21)9-10-17(14)22-13-19(24)23-20(18-8-5-11-25-18)15-6-3-2-4-7-15/h2-12,20,22H,13H2,1H3,(H,23,24)/t20-/m0/s1. The molecular formula is C20H19ClN2OS. The van der Waals surface area contributed by atoms with Gasteiger partial charge in [-0.25, -0.2) is 0 Å². The highest BCUT2D eigenvalue weighted by molar-refractivity contribution is 7.10. The van der Waals surface area contributed by atoms with E-state index in [1.165, 1.54) is 0 Å². The summed E-state index contributed by atoms with van der Waals surface area (Å²) in [5.41, 5.74) is 2.99. The van der Waals surface area contributed by atoms with Gasteiger partial charge in [-0.2, -0.15) is 0 Å². The van der Waals surface area contributed by atoms with Crippen LogP contribution in [0.4, 0.5) is 5.69 Å². The first-order valence-corrected chi connectivity index (χ1v) is 9.27. The molecule has 1 heterocycles. The molecule has 2 aromatic carbocycles. The van der Waals surface area contributed by atoms with Crippen molar-refractivity contribution in [3.63, 3.8) is 0 Å². The first-order chi connectivity index (χ1) is 12.1. The van der Waals surface area contributed by atoms with Crippen LogP contribution in [0.1, 0.15) is 22.0 Å². The summed E-state index contributed by atoms with van der Waals surface area (Å²) in [4.78, 5) is 13.6. The number of thiophene rings is 1. The normalized spacial score (nSPS) is 11.8. The number of carbonyl (C=O) groups is 1. The van der Waals surface area contributed by atoms with E-state index in [0.717, 1.165) is 21.7 Å². The van der Waals surface area contributed by atoms with Gasteiger partial charge in [0.05, 0.1) is 12.6 Å². The molecule has 0 saturated carbocycles. The molecule has 1 amide bonds. The molecule has 0 unspecified atom stereocenters. The molecule has 0 fully saturated rings. The van der Waals surface area contributed by atoms with E-state index in [-0.39, 0.29) is 18.5 Å². The number of anilines is 1. The van der Waals surface area contributed by atoms with Crippen molar-refractivity contribution in [3.8, 4) is 0 Å². The van der Waals surface area contributed by atoms with Gasteiger partial charge in [-0.05, 0) is 47.7 Å². The van der Waals surface area contributed by atoms with Crippen molar-refractivity contribution in [3.05, 3.63) is 87.1 Å². The summed E-state index contributed by atoms with van der Waals surface area (Å²) < 4.78 is 0. The van der Waals surface area contributed by atoms with Crippen LogP contribution in [-0.2, 0) is 4.79 Å². The van der Waals surface area contributed by atoms with Crippen LogP contribution in [-0.4, -0.2) is 12.5 Å². The third-order valence-electron chi connectivity index (χ3n) is 3.89. The Morgan fingerprint density at radius 1 is 1.12 bits per heavy atom. The lowest BCUT2D eigenvalue weighted by Crippen LogP contribution is -2.33. The lowest BCUT2D eigenvalue weighted by atomic mass is 10.1. The third-order valence-corrected chi connectivity index (χ3v) is 5.07. The molecule has 0 aliphatic rings. The van der Waals surface area contributed by atoms with E-state index in [1.807, 2.05) is 73.0 Å². The number of halogens is 1. The fourth-order valence-electron chi connectivity index (χ4n) is 2.63. The molecule has 3 aromatic rings. The molecule has 25 heavy (non-hydrogen) atoms. The predicted molar refractivity (Wildman–Crippen MR) is 105 cm³/mol. The number of aryl methyl sites for hydroxylation is 1. The number of carbonyl (C=O) groups excluding carboxylic acids is 1. The van der Waals surface area contributed by atoms with Gasteiger partial charge < -0.3 is 10.6 Å². The molecule has 0 spiro atoms. The highest BCUT2D eigenvalue weighted by Gasteiger charge is 2.17. The molecule has 3 rings (SSSR count). The highest BCUT2D eigenvalue weighted by atomic mass is 35.5. The monoisotopic (exact) mass is 370 g/mol. The zero-order valence-corrected chi connectivity index (χ0v) is 15.4. The molecule has 5 heteroatoms. The van der Waals surface area contributed by atoms with Crippen molar-refractivity contribution < 1.29 is 4.79 Å². The van der Waals surface area contributed by atoms with Gasteiger partial charge in [0.15, 0.2) is 0 Å². The number of hydrogen-bond donors (Lipinski definition) is 2. The Morgan fingerprint density at radius 2 is 1.92 bits per heavy atom. The Kier molecular flexibility index (Phi) is 5.74. The minimum absolute atomic E-state index is 0.0587. The maximum Gasteiger partial charge on any atom is 0.240 e. The number of hydrogen-bond acceptors (Lipinski definition) is 3. The van der Waals surface area contributed by atoms with Crippen molar-refractivity contribution in [1.82, 2.24) is 5.32 Å². The lowest BCUT2D eigenvalue weighted by molar-refractivity contribution is -0.119. The summed E-state index contributed by atoms with van der Waals surface area (Å²) in [6, 6.07) is 19.5. The summed E-state index contributed by atoms with van der Waals surface area (Å²) in [6.45, 7) is 2.17. The average molecular weight is 371 g/mol. The average Bonchev–Trinajstić information content (AvgIpc) is 3.14. The maximum atomic E-state index is 12.5. The second-order valence-electron chi connectivity index (χ2n) is 5.74. The minimum atomic E-state index is -0.137. The summed E-state index contributed by atoms with van der Waals surface area (Å²) >= 11 is 7.60. The van der Waals surface area contributed by atoms with Gasteiger partial charge in [-0.15, -0.1) is 11.3 Å². The SMILES string of the molecule is Cc1cc(Cl)ccc1NCC(=O)N[C@@H](c1ccccc1)c1cccs1. The Bertz CT molecular complexity index is 834. The smallest absolute Gasteiger partial charge is 0.240 e. The zero-order chi connectivity index (χ0) is 17.6. The van der Waals surface area contributed by atoms with Crippen molar-refractivity contribution in [2.75, 3.05) is 11.9 Å². The fourth-order valence-corrected chi connectivity index (χ4v) is 3.66. The van der Waals surface area contributed by atoms with E-state index in [0.29, 0.717) is 5.02 Å². The van der Waals surface area contributed by atoms with Crippen LogP contribution in [0.2, 0.25) is 5.02 Å². The summed E-state index contributed by atoms with van der Waals surface area (Å²) in [5.74, 6) is -0.0587. The first-order valence-electron chi connectivity index (χ1n) is 8.01. The second kappa shape index (κ2) is 8.19. The second-order valence-corrected chi connectivity index (χ2v) is 7.16. The number of amides is 1. The molecule has 1 aromatic heterocycles. The molecule has 0 bridgehead atoms. The Morgan fingerprint density at radius 3 is 2.60 bits per heavy atom. The van der Waals surface area contributed by atoms with Crippen molar-refractivity contribution >= 4 is 34.5 Å². The van der Waals surface area contributed by atoms with Gasteiger partial charge in [0.2, 0.25) is 5.91 Å². The molecule has 2 N–H and O–H groups in total.